The Hall–Kier alpha value is -2.50. The van der Waals surface area contributed by atoms with Crippen LogP contribution in [0.4, 0.5) is 10.1 Å². The lowest BCUT2D eigenvalue weighted by atomic mass is 10.2. The molecule has 0 bridgehead atoms. The number of carbonyl (C=O) groups is 1. The van der Waals surface area contributed by atoms with Crippen LogP contribution in [0.1, 0.15) is 10.4 Å². The van der Waals surface area contributed by atoms with E-state index in [0.29, 0.717) is 5.69 Å². The quantitative estimate of drug-likeness (QED) is 0.899. The molecular weight excluding hydrogens is 237 g/mol. The Balaban J connectivity index is 2.11. The molecule has 0 spiro atoms. The van der Waals surface area contributed by atoms with Crippen molar-refractivity contribution >= 4 is 11.6 Å². The van der Waals surface area contributed by atoms with Crippen molar-refractivity contribution < 1.29 is 13.9 Å². The van der Waals surface area contributed by atoms with Gasteiger partial charge < -0.3 is 10.1 Å². The number of rotatable bonds is 3. The molecule has 0 saturated carbocycles. The van der Waals surface area contributed by atoms with E-state index in [1.165, 1.54) is 37.7 Å². The highest BCUT2D eigenvalue weighted by molar-refractivity contribution is 6.04. The number of ether oxygens (including phenoxy) is 1. The summed E-state index contributed by atoms with van der Waals surface area (Å²) in [4.78, 5) is 19.4. The number of benzene rings is 1. The zero-order valence-corrected chi connectivity index (χ0v) is 9.55. The average molecular weight is 247 g/mol. The Bertz CT molecular complexity index is 558. The molecule has 5 nitrogen and oxygen atoms in total. The van der Waals surface area contributed by atoms with Gasteiger partial charge in [-0.15, -0.1) is 0 Å². The van der Waals surface area contributed by atoms with Gasteiger partial charge in [-0.2, -0.15) is 0 Å². The molecule has 2 rings (SSSR count). The molecule has 1 N–H and O–H groups in total. The number of amides is 1. The second-order valence-electron chi connectivity index (χ2n) is 3.42. The standard InChI is InChI=1S/C12H10FN3O2/c1-18-12-14-6-10(7-15-12)16-11(17)8-3-2-4-9(13)5-8/h2-7H,1H3,(H,16,17). The van der Waals surface area contributed by atoms with Crippen LogP contribution in [0.15, 0.2) is 36.7 Å². The molecule has 1 heterocycles. The van der Waals surface area contributed by atoms with Crippen LogP contribution in [-0.4, -0.2) is 23.0 Å². The van der Waals surface area contributed by atoms with Crippen molar-refractivity contribution in [2.45, 2.75) is 0 Å². The number of anilines is 1. The van der Waals surface area contributed by atoms with Gasteiger partial charge in [-0.25, -0.2) is 14.4 Å². The van der Waals surface area contributed by atoms with Gasteiger partial charge in [-0.1, -0.05) is 6.07 Å². The number of hydrogen-bond acceptors (Lipinski definition) is 4. The highest BCUT2D eigenvalue weighted by atomic mass is 19.1. The maximum absolute atomic E-state index is 12.9. The predicted molar refractivity (Wildman–Crippen MR) is 62.9 cm³/mol. The van der Waals surface area contributed by atoms with E-state index < -0.39 is 11.7 Å². The minimum atomic E-state index is -0.464. The molecule has 0 fully saturated rings. The van der Waals surface area contributed by atoms with Crippen LogP contribution in [0, 0.1) is 5.82 Å². The SMILES string of the molecule is COc1ncc(NC(=O)c2cccc(F)c2)cn1. The molecule has 6 heteroatoms. The van der Waals surface area contributed by atoms with Gasteiger partial charge in [0.1, 0.15) is 5.82 Å². The first-order chi connectivity index (χ1) is 8.69. The molecule has 0 saturated heterocycles. The summed E-state index contributed by atoms with van der Waals surface area (Å²) < 4.78 is 17.7. The van der Waals surface area contributed by atoms with Crippen LogP contribution in [0.3, 0.4) is 0 Å². The molecule has 1 amide bonds. The number of nitrogens with zero attached hydrogens (tertiary/aromatic N) is 2. The fourth-order valence-electron chi connectivity index (χ4n) is 1.32. The summed E-state index contributed by atoms with van der Waals surface area (Å²) in [6.45, 7) is 0. The molecule has 0 aliphatic carbocycles. The van der Waals surface area contributed by atoms with E-state index in [-0.39, 0.29) is 11.6 Å². The lowest BCUT2D eigenvalue weighted by molar-refractivity contribution is 0.102. The molecule has 18 heavy (non-hydrogen) atoms. The van der Waals surface area contributed by atoms with E-state index in [4.69, 9.17) is 4.74 Å². The molecule has 92 valence electrons. The van der Waals surface area contributed by atoms with Crippen LogP contribution in [-0.2, 0) is 0 Å². The van der Waals surface area contributed by atoms with Crippen LogP contribution < -0.4 is 10.1 Å². The van der Waals surface area contributed by atoms with E-state index in [0.717, 1.165) is 6.07 Å². The third-order valence-corrected chi connectivity index (χ3v) is 2.16. The Morgan fingerprint density at radius 2 is 2.06 bits per heavy atom. The van der Waals surface area contributed by atoms with Crippen molar-refractivity contribution in [2.75, 3.05) is 12.4 Å². The number of nitrogens with one attached hydrogen (secondary N) is 1. The van der Waals surface area contributed by atoms with E-state index in [2.05, 4.69) is 15.3 Å². The summed E-state index contributed by atoms with van der Waals surface area (Å²) in [7, 11) is 1.44. The summed E-state index contributed by atoms with van der Waals surface area (Å²) in [6, 6.07) is 5.61. The number of methoxy groups -OCH3 is 1. The molecule has 2 aromatic rings. The third-order valence-electron chi connectivity index (χ3n) is 2.16. The van der Waals surface area contributed by atoms with E-state index in [9.17, 15) is 9.18 Å². The first kappa shape index (κ1) is 12.0. The number of aromatic nitrogens is 2. The van der Waals surface area contributed by atoms with Gasteiger partial charge in [0.2, 0.25) is 0 Å². The van der Waals surface area contributed by atoms with Gasteiger partial charge in [-0.05, 0) is 18.2 Å². The van der Waals surface area contributed by atoms with Gasteiger partial charge in [0.15, 0.2) is 0 Å². The summed E-state index contributed by atoms with van der Waals surface area (Å²) in [5, 5.41) is 2.55. The van der Waals surface area contributed by atoms with Crippen molar-refractivity contribution in [3.8, 4) is 6.01 Å². The minimum absolute atomic E-state index is 0.207. The fourth-order valence-corrected chi connectivity index (χ4v) is 1.32. The van der Waals surface area contributed by atoms with E-state index in [1.54, 1.807) is 0 Å². The predicted octanol–water partition coefficient (Wildman–Crippen LogP) is 1.88. The molecule has 0 unspecified atom stereocenters. The molecular formula is C12H10FN3O2. The van der Waals surface area contributed by atoms with Crippen molar-refractivity contribution in [2.24, 2.45) is 0 Å². The second kappa shape index (κ2) is 5.22. The fraction of sp³-hybridized carbons (Fsp3) is 0.0833. The maximum Gasteiger partial charge on any atom is 0.316 e. The van der Waals surface area contributed by atoms with Crippen LogP contribution >= 0.6 is 0 Å². The zero-order chi connectivity index (χ0) is 13.0. The van der Waals surface area contributed by atoms with Crippen molar-refractivity contribution in [3.05, 3.63) is 48.0 Å². The Kier molecular flexibility index (Phi) is 3.47. The first-order valence-corrected chi connectivity index (χ1v) is 5.12. The third kappa shape index (κ3) is 2.79. The highest BCUT2D eigenvalue weighted by Gasteiger charge is 2.07. The van der Waals surface area contributed by atoms with Crippen LogP contribution in [0.25, 0.3) is 0 Å². The smallest absolute Gasteiger partial charge is 0.316 e. The number of carbonyl (C=O) groups excluding carboxylic acids is 1. The molecule has 0 aliphatic heterocycles. The Morgan fingerprint density at radius 3 is 2.67 bits per heavy atom. The van der Waals surface area contributed by atoms with Crippen LogP contribution in [0.5, 0.6) is 6.01 Å². The van der Waals surface area contributed by atoms with Gasteiger partial charge in [0.25, 0.3) is 5.91 Å². The zero-order valence-electron chi connectivity index (χ0n) is 9.55. The van der Waals surface area contributed by atoms with E-state index >= 15 is 0 Å². The minimum Gasteiger partial charge on any atom is -0.467 e. The van der Waals surface area contributed by atoms with Crippen molar-refractivity contribution in [3.63, 3.8) is 0 Å². The summed E-state index contributed by atoms with van der Waals surface area (Å²) >= 11 is 0. The van der Waals surface area contributed by atoms with Gasteiger partial charge in [0, 0.05) is 5.56 Å². The Labute approximate surface area is 103 Å². The molecule has 0 radical (unpaired) electrons. The van der Waals surface area contributed by atoms with Crippen molar-refractivity contribution in [1.82, 2.24) is 9.97 Å². The van der Waals surface area contributed by atoms with Gasteiger partial charge >= 0.3 is 6.01 Å². The summed E-state index contributed by atoms with van der Waals surface area (Å²) in [5.41, 5.74) is 0.635. The first-order valence-electron chi connectivity index (χ1n) is 5.12. The lowest BCUT2D eigenvalue weighted by Crippen LogP contribution is -2.12. The highest BCUT2D eigenvalue weighted by Crippen LogP contribution is 2.10. The average Bonchev–Trinajstić information content (AvgIpc) is 2.39. The number of hydrogen-bond donors (Lipinski definition) is 1. The summed E-state index contributed by atoms with van der Waals surface area (Å²) in [5.74, 6) is -0.892. The maximum atomic E-state index is 12.9. The normalized spacial score (nSPS) is 9.89. The van der Waals surface area contributed by atoms with Crippen molar-refractivity contribution in [1.29, 1.82) is 0 Å². The van der Waals surface area contributed by atoms with Gasteiger partial charge in [-0.3, -0.25) is 4.79 Å². The lowest BCUT2D eigenvalue weighted by Gasteiger charge is -2.04. The topological polar surface area (TPSA) is 64.1 Å². The molecule has 1 aromatic heterocycles. The summed E-state index contributed by atoms with van der Waals surface area (Å²) in [6.07, 6.45) is 2.81. The van der Waals surface area contributed by atoms with Crippen LogP contribution in [0.2, 0.25) is 0 Å². The van der Waals surface area contributed by atoms with E-state index in [1.807, 2.05) is 0 Å². The number of halogens is 1. The Morgan fingerprint density at radius 1 is 1.33 bits per heavy atom. The molecule has 0 aliphatic rings. The van der Waals surface area contributed by atoms with Gasteiger partial charge in [0.05, 0.1) is 25.2 Å². The second-order valence-corrected chi connectivity index (χ2v) is 3.42. The molecule has 0 atom stereocenters. The monoisotopic (exact) mass is 247 g/mol. The molecule has 1 aromatic carbocycles. The largest absolute Gasteiger partial charge is 0.467 e.